The predicted octanol–water partition coefficient (Wildman–Crippen LogP) is 3.19. The molecule has 7 nitrogen and oxygen atoms in total. The third kappa shape index (κ3) is 2.92. The van der Waals surface area contributed by atoms with Crippen LogP contribution in [-0.2, 0) is 6.42 Å². The average molecular weight is 348 g/mol. The number of nitro benzene ring substituents is 1. The van der Waals surface area contributed by atoms with Gasteiger partial charge in [-0.3, -0.25) is 19.9 Å². The van der Waals surface area contributed by atoms with Crippen LogP contribution in [0.2, 0.25) is 0 Å². The van der Waals surface area contributed by atoms with Crippen LogP contribution in [0.4, 0.5) is 11.6 Å². The molecule has 0 amide bonds. The van der Waals surface area contributed by atoms with Gasteiger partial charge in [-0.1, -0.05) is 18.7 Å². The summed E-state index contributed by atoms with van der Waals surface area (Å²) in [7, 11) is 0. The lowest BCUT2D eigenvalue weighted by atomic mass is 10.3. The number of nitrogens with two attached hydrogens (primary N) is 1. The molecule has 0 bridgehead atoms. The second kappa shape index (κ2) is 6.01. The van der Waals surface area contributed by atoms with Crippen LogP contribution < -0.4 is 11.3 Å². The van der Waals surface area contributed by atoms with Crippen molar-refractivity contribution in [2.75, 3.05) is 5.73 Å². The van der Waals surface area contributed by atoms with Crippen LogP contribution in [0.15, 0.2) is 38.9 Å². The number of thiophene rings is 1. The quantitative estimate of drug-likeness (QED) is 0.553. The molecule has 0 fully saturated rings. The van der Waals surface area contributed by atoms with Gasteiger partial charge in [0.25, 0.3) is 11.2 Å². The molecule has 0 aliphatic rings. The number of aromatic amines is 1. The van der Waals surface area contributed by atoms with Gasteiger partial charge in [-0.25, -0.2) is 4.98 Å². The zero-order valence-electron chi connectivity index (χ0n) is 12.0. The minimum absolute atomic E-state index is 0.0347. The van der Waals surface area contributed by atoms with Crippen LogP contribution in [0.25, 0.3) is 10.2 Å². The number of nitrogens with zero attached hydrogens (tertiary/aromatic N) is 2. The fourth-order valence-electron chi connectivity index (χ4n) is 2.14. The maximum atomic E-state index is 12.2. The molecule has 3 N–H and O–H groups in total. The standard InChI is InChI=1S/C14H12N4O3S2/c1-2-9-11(10-12(19)16-14(15)17-13(10)23-9)22-8-5-3-7(4-6-8)18(20)21/h3-6H,2H2,1H3,(H3,15,16,17,19). The molecule has 0 aliphatic carbocycles. The molecule has 23 heavy (non-hydrogen) atoms. The molecule has 0 saturated heterocycles. The Balaban J connectivity index is 2.08. The molecule has 3 rings (SSSR count). The van der Waals surface area contributed by atoms with E-state index in [-0.39, 0.29) is 17.2 Å². The molecule has 0 aliphatic heterocycles. The Labute approximate surface area is 138 Å². The minimum atomic E-state index is -0.441. The molecule has 118 valence electrons. The zero-order valence-corrected chi connectivity index (χ0v) is 13.7. The lowest BCUT2D eigenvalue weighted by Gasteiger charge is -2.03. The highest BCUT2D eigenvalue weighted by molar-refractivity contribution is 7.99. The van der Waals surface area contributed by atoms with Gasteiger partial charge < -0.3 is 5.73 Å². The number of fused-ring (bicyclic) bond motifs is 1. The largest absolute Gasteiger partial charge is 0.369 e. The lowest BCUT2D eigenvalue weighted by molar-refractivity contribution is -0.384. The summed E-state index contributed by atoms with van der Waals surface area (Å²) in [5.74, 6) is 0.0956. The summed E-state index contributed by atoms with van der Waals surface area (Å²) in [6, 6.07) is 6.24. The maximum Gasteiger partial charge on any atom is 0.269 e. The number of hydrogen-bond donors (Lipinski definition) is 2. The van der Waals surface area contributed by atoms with E-state index >= 15 is 0 Å². The third-order valence-corrected chi connectivity index (χ3v) is 5.71. The van der Waals surface area contributed by atoms with Crippen LogP contribution in [0.5, 0.6) is 0 Å². The predicted molar refractivity (Wildman–Crippen MR) is 91.3 cm³/mol. The third-order valence-electron chi connectivity index (χ3n) is 3.19. The number of anilines is 1. The highest BCUT2D eigenvalue weighted by Crippen LogP contribution is 2.40. The van der Waals surface area contributed by atoms with Crippen LogP contribution >= 0.6 is 23.1 Å². The van der Waals surface area contributed by atoms with Crippen molar-refractivity contribution in [3.05, 3.63) is 49.6 Å². The number of benzene rings is 1. The van der Waals surface area contributed by atoms with E-state index in [9.17, 15) is 14.9 Å². The van der Waals surface area contributed by atoms with Crippen molar-refractivity contribution in [1.82, 2.24) is 9.97 Å². The molecular weight excluding hydrogens is 336 g/mol. The second-order valence-corrected chi connectivity index (χ2v) is 6.86. The van der Waals surface area contributed by atoms with Crippen molar-refractivity contribution in [3.8, 4) is 0 Å². The van der Waals surface area contributed by atoms with Crippen molar-refractivity contribution < 1.29 is 4.92 Å². The summed E-state index contributed by atoms with van der Waals surface area (Å²) >= 11 is 2.84. The van der Waals surface area contributed by atoms with Gasteiger partial charge in [-0.2, -0.15) is 0 Å². The van der Waals surface area contributed by atoms with Crippen molar-refractivity contribution in [2.45, 2.75) is 23.1 Å². The monoisotopic (exact) mass is 348 g/mol. The van der Waals surface area contributed by atoms with Gasteiger partial charge in [0.15, 0.2) is 0 Å². The molecule has 0 unspecified atom stereocenters. The van der Waals surface area contributed by atoms with Crippen LogP contribution in [0, 0.1) is 10.1 Å². The normalized spacial score (nSPS) is 11.0. The highest BCUT2D eigenvalue weighted by Gasteiger charge is 2.17. The molecule has 0 radical (unpaired) electrons. The summed E-state index contributed by atoms with van der Waals surface area (Å²) in [5, 5.41) is 11.2. The maximum absolute atomic E-state index is 12.2. The molecule has 9 heteroatoms. The van der Waals surface area contributed by atoms with E-state index in [0.717, 1.165) is 21.1 Å². The summed E-state index contributed by atoms with van der Waals surface area (Å²) in [6.45, 7) is 2.00. The Kier molecular flexibility index (Phi) is 4.05. The highest BCUT2D eigenvalue weighted by atomic mass is 32.2. The number of aromatic nitrogens is 2. The van der Waals surface area contributed by atoms with Gasteiger partial charge >= 0.3 is 0 Å². The van der Waals surface area contributed by atoms with Crippen molar-refractivity contribution >= 4 is 45.0 Å². The minimum Gasteiger partial charge on any atom is -0.369 e. The summed E-state index contributed by atoms with van der Waals surface area (Å²) in [6.07, 6.45) is 0.760. The second-order valence-electron chi connectivity index (χ2n) is 4.69. The van der Waals surface area contributed by atoms with Crippen molar-refractivity contribution in [3.63, 3.8) is 0 Å². The molecular formula is C14H12N4O3S2. The number of nitro groups is 1. The van der Waals surface area contributed by atoms with E-state index in [0.29, 0.717) is 10.2 Å². The number of nitrogen functional groups attached to an aromatic ring is 1. The Morgan fingerprint density at radius 3 is 2.70 bits per heavy atom. The summed E-state index contributed by atoms with van der Waals surface area (Å²) in [4.78, 5) is 32.5. The van der Waals surface area contributed by atoms with E-state index in [1.807, 2.05) is 6.92 Å². The molecule has 3 aromatic rings. The first kappa shape index (κ1) is 15.5. The van der Waals surface area contributed by atoms with Crippen molar-refractivity contribution in [2.24, 2.45) is 0 Å². The molecule has 1 aromatic carbocycles. The number of hydrogen-bond acceptors (Lipinski definition) is 7. The Morgan fingerprint density at radius 1 is 1.39 bits per heavy atom. The fraction of sp³-hybridized carbons (Fsp3) is 0.143. The average Bonchev–Trinajstić information content (AvgIpc) is 2.85. The first-order chi connectivity index (χ1) is 11.0. The van der Waals surface area contributed by atoms with Gasteiger partial charge in [-0.15, -0.1) is 11.3 Å². The van der Waals surface area contributed by atoms with Gasteiger partial charge in [0, 0.05) is 26.8 Å². The van der Waals surface area contributed by atoms with E-state index in [1.54, 1.807) is 12.1 Å². The van der Waals surface area contributed by atoms with E-state index in [4.69, 9.17) is 5.73 Å². The van der Waals surface area contributed by atoms with Crippen LogP contribution in [0.3, 0.4) is 0 Å². The smallest absolute Gasteiger partial charge is 0.269 e. The van der Waals surface area contributed by atoms with Gasteiger partial charge in [0.1, 0.15) is 4.83 Å². The molecule has 0 spiro atoms. The number of rotatable bonds is 4. The number of nitrogens with one attached hydrogen (secondary N) is 1. The summed E-state index contributed by atoms with van der Waals surface area (Å²) < 4.78 is 0. The molecule has 0 saturated carbocycles. The van der Waals surface area contributed by atoms with E-state index in [1.165, 1.54) is 35.2 Å². The number of aryl methyl sites for hydroxylation is 1. The van der Waals surface area contributed by atoms with Crippen LogP contribution in [0.1, 0.15) is 11.8 Å². The Hall–Kier alpha value is -2.39. The molecule has 2 heterocycles. The van der Waals surface area contributed by atoms with E-state index < -0.39 is 4.92 Å². The zero-order chi connectivity index (χ0) is 16.6. The van der Waals surface area contributed by atoms with Crippen molar-refractivity contribution in [1.29, 1.82) is 0 Å². The number of H-pyrrole nitrogens is 1. The topological polar surface area (TPSA) is 115 Å². The fourth-order valence-corrected chi connectivity index (χ4v) is 4.53. The molecule has 2 aromatic heterocycles. The first-order valence-corrected chi connectivity index (χ1v) is 8.36. The number of non-ortho nitro benzene ring substituents is 1. The van der Waals surface area contributed by atoms with Gasteiger partial charge in [-0.05, 0) is 18.6 Å². The molecule has 0 atom stereocenters. The Bertz CT molecular complexity index is 947. The van der Waals surface area contributed by atoms with E-state index in [2.05, 4.69) is 9.97 Å². The first-order valence-electron chi connectivity index (χ1n) is 6.73. The van der Waals surface area contributed by atoms with Crippen LogP contribution in [-0.4, -0.2) is 14.9 Å². The lowest BCUT2D eigenvalue weighted by Crippen LogP contribution is -2.10. The SMILES string of the molecule is CCc1sc2nc(N)[nH]c(=O)c2c1Sc1ccc([N+](=O)[O-])cc1. The van der Waals surface area contributed by atoms with Gasteiger partial charge in [0.2, 0.25) is 5.95 Å². The Morgan fingerprint density at radius 2 is 2.09 bits per heavy atom. The van der Waals surface area contributed by atoms with Gasteiger partial charge in [0.05, 0.1) is 10.3 Å². The summed E-state index contributed by atoms with van der Waals surface area (Å²) in [5.41, 5.74) is 5.36.